The lowest BCUT2D eigenvalue weighted by Gasteiger charge is -2.28. The molecule has 4 atom stereocenters. The van der Waals surface area contributed by atoms with Gasteiger partial charge in [0, 0.05) is 12.6 Å². The molecule has 0 spiro atoms. The molecule has 1 N–H and O–H groups in total. The zero-order chi connectivity index (χ0) is 15.9. The van der Waals surface area contributed by atoms with E-state index in [-0.39, 0.29) is 17.4 Å². The number of hydrogen-bond acceptors (Lipinski definition) is 4. The molecule has 2 aliphatic carbocycles. The number of fused-ring (bicyclic) bond motifs is 2. The van der Waals surface area contributed by atoms with Crippen LogP contribution in [0.5, 0.6) is 0 Å². The maximum absolute atomic E-state index is 12.4. The Morgan fingerprint density at radius 1 is 1.55 bits per heavy atom. The fourth-order valence-corrected chi connectivity index (χ4v) is 4.16. The third kappa shape index (κ3) is 2.60. The normalized spacial score (nSPS) is 27.8. The molecule has 7 nitrogen and oxygen atoms in total. The zero-order valence-electron chi connectivity index (χ0n) is 13.0. The molecule has 120 valence electrons. The summed E-state index contributed by atoms with van der Waals surface area (Å²) >= 11 is 0. The van der Waals surface area contributed by atoms with Crippen LogP contribution < -0.4 is 5.32 Å². The molecular weight excluding hydrogens is 284 g/mol. The quantitative estimate of drug-likeness (QED) is 0.668. The summed E-state index contributed by atoms with van der Waals surface area (Å²) in [6, 6.07) is 0.0363. The van der Waals surface area contributed by atoms with Crippen molar-refractivity contribution in [2.45, 2.75) is 52.1 Å². The molecule has 1 heterocycles. The number of hydrogen-bond donors (Lipinski definition) is 1. The van der Waals surface area contributed by atoms with E-state index in [0.29, 0.717) is 18.4 Å². The summed E-state index contributed by atoms with van der Waals surface area (Å²) in [5, 5.41) is 18.1. The first-order valence-corrected chi connectivity index (χ1v) is 8.02. The van der Waals surface area contributed by atoms with Gasteiger partial charge in [-0.15, -0.1) is 0 Å². The molecule has 1 aromatic rings. The average Bonchev–Trinajstić information content (AvgIpc) is 3.20. The molecule has 2 fully saturated rings. The molecule has 22 heavy (non-hydrogen) atoms. The number of aromatic nitrogens is 2. The van der Waals surface area contributed by atoms with Gasteiger partial charge < -0.3 is 5.32 Å². The van der Waals surface area contributed by atoms with Crippen molar-refractivity contribution >= 4 is 11.6 Å². The summed E-state index contributed by atoms with van der Waals surface area (Å²) in [4.78, 5) is 22.9. The third-order valence-electron chi connectivity index (χ3n) is 5.27. The minimum Gasteiger partial charge on any atom is -0.348 e. The summed E-state index contributed by atoms with van der Waals surface area (Å²) in [6.07, 6.45) is 6.32. The Morgan fingerprint density at radius 2 is 2.32 bits per heavy atom. The highest BCUT2D eigenvalue weighted by atomic mass is 16.6. The van der Waals surface area contributed by atoms with E-state index < -0.39 is 10.8 Å². The van der Waals surface area contributed by atoms with Crippen LogP contribution in [0.25, 0.3) is 0 Å². The average molecular weight is 306 g/mol. The molecule has 0 unspecified atom stereocenters. The van der Waals surface area contributed by atoms with Gasteiger partial charge in [0.1, 0.15) is 6.20 Å². The van der Waals surface area contributed by atoms with E-state index in [9.17, 15) is 14.9 Å². The van der Waals surface area contributed by atoms with E-state index in [1.54, 1.807) is 0 Å². The second-order valence-electron chi connectivity index (χ2n) is 6.58. The number of carbonyl (C=O) groups is 1. The fourth-order valence-electron chi connectivity index (χ4n) is 4.16. The maximum Gasteiger partial charge on any atom is 0.320 e. The predicted octanol–water partition coefficient (Wildman–Crippen LogP) is 2.37. The molecule has 3 rings (SSSR count). The van der Waals surface area contributed by atoms with Gasteiger partial charge in [-0.3, -0.25) is 19.6 Å². The maximum atomic E-state index is 12.4. The lowest BCUT2D eigenvalue weighted by atomic mass is 9.84. The van der Waals surface area contributed by atoms with Crippen LogP contribution in [-0.2, 0) is 6.54 Å². The van der Waals surface area contributed by atoms with Crippen molar-refractivity contribution in [2.24, 2.45) is 17.8 Å². The Morgan fingerprint density at radius 3 is 2.86 bits per heavy atom. The molecule has 1 aromatic heterocycles. The number of carbonyl (C=O) groups excluding carboxylic acids is 1. The predicted molar refractivity (Wildman–Crippen MR) is 80.4 cm³/mol. The lowest BCUT2D eigenvalue weighted by Crippen LogP contribution is -2.40. The molecule has 7 heteroatoms. The number of aryl methyl sites for hydroxylation is 1. The van der Waals surface area contributed by atoms with E-state index in [4.69, 9.17) is 0 Å². The van der Waals surface area contributed by atoms with Gasteiger partial charge in [0.25, 0.3) is 5.91 Å². The van der Waals surface area contributed by atoms with Crippen molar-refractivity contribution in [3.63, 3.8) is 0 Å². The fraction of sp³-hybridized carbons (Fsp3) is 0.733. The first-order chi connectivity index (χ1) is 10.5. The SMILES string of the molecule is CCn1cc([N+](=O)[O-])c(C(=O)N[C@H](C)[C@H]2C[C@@H]3CC[C@@H]2C3)n1. The topological polar surface area (TPSA) is 90.1 Å². The zero-order valence-corrected chi connectivity index (χ0v) is 13.0. The number of nitro groups is 1. The van der Waals surface area contributed by atoms with E-state index in [1.165, 1.54) is 30.1 Å². The number of rotatable bonds is 5. The van der Waals surface area contributed by atoms with Crippen molar-refractivity contribution in [2.75, 3.05) is 0 Å². The van der Waals surface area contributed by atoms with Crippen molar-refractivity contribution in [1.82, 2.24) is 15.1 Å². The van der Waals surface area contributed by atoms with Crippen LogP contribution >= 0.6 is 0 Å². The van der Waals surface area contributed by atoms with Crippen LogP contribution in [0, 0.1) is 27.9 Å². The summed E-state index contributed by atoms with van der Waals surface area (Å²) < 4.78 is 1.43. The van der Waals surface area contributed by atoms with E-state index in [0.717, 1.165) is 12.3 Å². The molecule has 0 aromatic carbocycles. The Labute approximate surface area is 129 Å². The van der Waals surface area contributed by atoms with Crippen LogP contribution in [0.1, 0.15) is 50.0 Å². The smallest absolute Gasteiger partial charge is 0.320 e. The van der Waals surface area contributed by atoms with Gasteiger partial charge in [-0.05, 0) is 50.9 Å². The first kappa shape index (κ1) is 15.0. The van der Waals surface area contributed by atoms with Crippen LogP contribution in [0.2, 0.25) is 0 Å². The first-order valence-electron chi connectivity index (χ1n) is 8.02. The molecule has 2 aliphatic rings. The number of amides is 1. The van der Waals surface area contributed by atoms with Crippen molar-refractivity contribution in [3.8, 4) is 0 Å². The van der Waals surface area contributed by atoms with Crippen LogP contribution in [0.3, 0.4) is 0 Å². The molecule has 0 aliphatic heterocycles. The van der Waals surface area contributed by atoms with Gasteiger partial charge in [-0.2, -0.15) is 5.10 Å². The summed E-state index contributed by atoms with van der Waals surface area (Å²) in [7, 11) is 0. The van der Waals surface area contributed by atoms with E-state index in [2.05, 4.69) is 10.4 Å². The van der Waals surface area contributed by atoms with Crippen LogP contribution in [-0.4, -0.2) is 26.7 Å². The highest BCUT2D eigenvalue weighted by molar-refractivity contribution is 5.96. The Hall–Kier alpha value is -1.92. The van der Waals surface area contributed by atoms with Crippen LogP contribution in [0.15, 0.2) is 6.20 Å². The minimum atomic E-state index is -0.545. The Bertz CT molecular complexity index is 598. The molecule has 0 radical (unpaired) electrons. The Kier molecular flexibility index (Phi) is 3.88. The second-order valence-corrected chi connectivity index (χ2v) is 6.58. The monoisotopic (exact) mass is 306 g/mol. The third-order valence-corrected chi connectivity index (χ3v) is 5.27. The van der Waals surface area contributed by atoms with Gasteiger partial charge in [-0.1, -0.05) is 6.42 Å². The summed E-state index contributed by atoms with van der Waals surface area (Å²) in [5.74, 6) is 1.57. The molecule has 2 saturated carbocycles. The molecule has 1 amide bonds. The van der Waals surface area contributed by atoms with Gasteiger partial charge in [0.15, 0.2) is 0 Å². The minimum absolute atomic E-state index is 0.0363. The molecule has 0 saturated heterocycles. The van der Waals surface area contributed by atoms with Gasteiger partial charge in [0.05, 0.1) is 4.92 Å². The molecule has 2 bridgehead atoms. The number of nitrogens with zero attached hydrogens (tertiary/aromatic N) is 3. The van der Waals surface area contributed by atoms with Gasteiger partial charge >= 0.3 is 5.69 Å². The van der Waals surface area contributed by atoms with Gasteiger partial charge in [-0.25, -0.2) is 0 Å². The van der Waals surface area contributed by atoms with E-state index >= 15 is 0 Å². The largest absolute Gasteiger partial charge is 0.348 e. The second kappa shape index (κ2) is 5.70. The molecular formula is C15H22N4O3. The van der Waals surface area contributed by atoms with Crippen molar-refractivity contribution in [1.29, 1.82) is 0 Å². The van der Waals surface area contributed by atoms with Crippen molar-refractivity contribution < 1.29 is 9.72 Å². The van der Waals surface area contributed by atoms with Crippen molar-refractivity contribution in [3.05, 3.63) is 22.0 Å². The van der Waals surface area contributed by atoms with E-state index in [1.807, 2.05) is 13.8 Å². The lowest BCUT2D eigenvalue weighted by molar-refractivity contribution is -0.385. The number of nitrogens with one attached hydrogen (secondary N) is 1. The highest BCUT2D eigenvalue weighted by Crippen LogP contribution is 2.49. The van der Waals surface area contributed by atoms with Crippen LogP contribution in [0.4, 0.5) is 5.69 Å². The summed E-state index contributed by atoms with van der Waals surface area (Å²) in [5.41, 5.74) is -0.304. The van der Waals surface area contributed by atoms with Gasteiger partial charge in [0.2, 0.25) is 5.69 Å². The highest BCUT2D eigenvalue weighted by Gasteiger charge is 2.42. The Balaban J connectivity index is 1.71. The standard InChI is InChI=1S/C15H22N4O3/c1-3-18-8-13(19(21)22)14(17-18)15(20)16-9(2)12-7-10-4-5-11(12)6-10/h8-12H,3-7H2,1-2H3,(H,16,20)/t9-,10-,11-,12-/m1/s1. The summed E-state index contributed by atoms with van der Waals surface area (Å²) in [6.45, 7) is 4.33.